The van der Waals surface area contributed by atoms with Crippen LogP contribution in [0.3, 0.4) is 0 Å². The van der Waals surface area contributed by atoms with Gasteiger partial charge in [-0.25, -0.2) is 4.98 Å². The number of amides is 1. The van der Waals surface area contributed by atoms with Crippen LogP contribution in [0.4, 0.5) is 0 Å². The van der Waals surface area contributed by atoms with E-state index in [-0.39, 0.29) is 12.0 Å². The number of furan rings is 2. The van der Waals surface area contributed by atoms with Gasteiger partial charge in [-0.15, -0.1) is 21.5 Å². The molecule has 5 rings (SSSR count). The van der Waals surface area contributed by atoms with E-state index in [9.17, 15) is 9.59 Å². The highest BCUT2D eigenvalue weighted by atomic mass is 32.2. The molecule has 0 saturated carbocycles. The monoisotopic (exact) mass is 468 g/mol. The zero-order valence-electron chi connectivity index (χ0n) is 16.5. The first kappa shape index (κ1) is 20.3. The van der Waals surface area contributed by atoms with Crippen molar-refractivity contribution in [2.45, 2.75) is 23.9 Å². The fourth-order valence-corrected chi connectivity index (χ4v) is 5.00. The molecule has 0 bridgehead atoms. The van der Waals surface area contributed by atoms with Gasteiger partial charge in [-0.2, -0.15) is 0 Å². The molecule has 0 fully saturated rings. The molecule has 5 aromatic heterocycles. The molecule has 10 nitrogen and oxygen atoms in total. The number of thioether (sulfide) groups is 1. The summed E-state index contributed by atoms with van der Waals surface area (Å²) in [7, 11) is 0. The largest absolute Gasteiger partial charge is 0.464 e. The number of fused-ring (bicyclic) bond motifs is 1. The standard InChI is InChI=1S/C20H16N6O4S2/c21-14(27)5-6-26-17(13-4-2-8-30-13)24-25-20(26)32-10-15-22-18(28)16-11(9-31-19(16)23-15)12-3-1-7-29-12/h1-4,7-9H,5-6,10H2,(H2,21,27)(H,22,23,28). The highest BCUT2D eigenvalue weighted by Crippen LogP contribution is 2.32. The van der Waals surface area contributed by atoms with Crippen LogP contribution in [-0.4, -0.2) is 30.6 Å². The number of primary amides is 1. The smallest absolute Gasteiger partial charge is 0.260 e. The number of H-pyrrole nitrogens is 1. The number of carbonyl (C=O) groups excluding carboxylic acids is 1. The number of thiophene rings is 1. The van der Waals surface area contributed by atoms with Crippen LogP contribution in [0, 0.1) is 0 Å². The van der Waals surface area contributed by atoms with Gasteiger partial charge in [-0.3, -0.25) is 14.2 Å². The van der Waals surface area contributed by atoms with Gasteiger partial charge in [0.05, 0.1) is 23.7 Å². The third-order valence-corrected chi connectivity index (χ3v) is 6.51. The second-order valence-corrected chi connectivity index (χ2v) is 8.56. The van der Waals surface area contributed by atoms with Crippen molar-refractivity contribution in [1.82, 2.24) is 24.7 Å². The van der Waals surface area contributed by atoms with E-state index in [2.05, 4.69) is 20.2 Å². The van der Waals surface area contributed by atoms with E-state index in [1.807, 2.05) is 5.38 Å². The summed E-state index contributed by atoms with van der Waals surface area (Å²) < 4.78 is 12.6. The van der Waals surface area contributed by atoms with Crippen LogP contribution >= 0.6 is 23.1 Å². The molecule has 3 N–H and O–H groups in total. The summed E-state index contributed by atoms with van der Waals surface area (Å²) in [5, 5.41) is 11.3. The summed E-state index contributed by atoms with van der Waals surface area (Å²) in [5.74, 6) is 2.08. The quantitative estimate of drug-likeness (QED) is 0.330. The molecule has 0 aliphatic rings. The van der Waals surface area contributed by atoms with Crippen molar-refractivity contribution in [2.24, 2.45) is 5.73 Å². The van der Waals surface area contributed by atoms with Gasteiger partial charge in [0, 0.05) is 23.9 Å². The first-order valence-corrected chi connectivity index (χ1v) is 11.4. The minimum absolute atomic E-state index is 0.130. The van der Waals surface area contributed by atoms with Gasteiger partial charge in [0.2, 0.25) is 5.91 Å². The predicted octanol–water partition coefficient (Wildman–Crippen LogP) is 3.26. The second kappa shape index (κ2) is 8.48. The van der Waals surface area contributed by atoms with Gasteiger partial charge >= 0.3 is 0 Å². The van der Waals surface area contributed by atoms with Gasteiger partial charge in [0.1, 0.15) is 16.4 Å². The topological polar surface area (TPSA) is 146 Å². The molecule has 0 saturated heterocycles. The molecule has 0 atom stereocenters. The van der Waals surface area contributed by atoms with Crippen molar-refractivity contribution < 1.29 is 13.6 Å². The van der Waals surface area contributed by atoms with Gasteiger partial charge < -0.3 is 19.6 Å². The molecule has 5 heterocycles. The Balaban J connectivity index is 1.42. The van der Waals surface area contributed by atoms with E-state index in [1.165, 1.54) is 29.4 Å². The lowest BCUT2D eigenvalue weighted by Crippen LogP contribution is -2.15. The zero-order valence-corrected chi connectivity index (χ0v) is 18.1. The third kappa shape index (κ3) is 3.85. The lowest BCUT2D eigenvalue weighted by molar-refractivity contribution is -0.118. The number of hydrogen-bond donors (Lipinski definition) is 2. The molecule has 1 amide bonds. The second-order valence-electron chi connectivity index (χ2n) is 6.76. The summed E-state index contributed by atoms with van der Waals surface area (Å²) in [4.78, 5) is 32.1. The highest BCUT2D eigenvalue weighted by molar-refractivity contribution is 7.98. The van der Waals surface area contributed by atoms with Crippen molar-refractivity contribution in [3.05, 3.63) is 58.4 Å². The molecular formula is C20H16N6O4S2. The number of aromatic amines is 1. The molecule has 162 valence electrons. The molecule has 12 heteroatoms. The Kier molecular flexibility index (Phi) is 5.37. The van der Waals surface area contributed by atoms with Crippen LogP contribution in [0.2, 0.25) is 0 Å². The van der Waals surface area contributed by atoms with Crippen molar-refractivity contribution in [1.29, 1.82) is 0 Å². The molecule has 0 spiro atoms. The maximum atomic E-state index is 12.8. The number of nitrogens with one attached hydrogen (secondary N) is 1. The minimum Gasteiger partial charge on any atom is -0.464 e. The number of carbonyl (C=O) groups is 1. The predicted molar refractivity (Wildman–Crippen MR) is 119 cm³/mol. The summed E-state index contributed by atoms with van der Waals surface area (Å²) >= 11 is 2.72. The summed E-state index contributed by atoms with van der Waals surface area (Å²) in [6.45, 7) is 0.307. The number of aromatic nitrogens is 5. The van der Waals surface area contributed by atoms with E-state index in [0.717, 1.165) is 5.56 Å². The Labute approximate surface area is 188 Å². The molecule has 0 aliphatic carbocycles. The van der Waals surface area contributed by atoms with Gasteiger partial charge in [0.15, 0.2) is 16.7 Å². The van der Waals surface area contributed by atoms with Crippen LogP contribution < -0.4 is 11.3 Å². The maximum Gasteiger partial charge on any atom is 0.260 e. The van der Waals surface area contributed by atoms with Crippen LogP contribution in [0.1, 0.15) is 12.2 Å². The first-order chi connectivity index (χ1) is 15.6. The van der Waals surface area contributed by atoms with Crippen molar-refractivity contribution >= 4 is 39.2 Å². The third-order valence-electron chi connectivity index (χ3n) is 4.66. The average Bonchev–Trinajstić information content (AvgIpc) is 3.56. The maximum absolute atomic E-state index is 12.8. The van der Waals surface area contributed by atoms with Crippen molar-refractivity contribution in [3.8, 4) is 22.9 Å². The van der Waals surface area contributed by atoms with E-state index in [0.29, 0.717) is 50.8 Å². The van der Waals surface area contributed by atoms with Crippen LogP contribution in [0.25, 0.3) is 33.1 Å². The molecular weight excluding hydrogens is 452 g/mol. The number of rotatable bonds is 8. The Hall–Kier alpha value is -3.64. The summed E-state index contributed by atoms with van der Waals surface area (Å²) in [6, 6.07) is 7.09. The SMILES string of the molecule is NC(=O)CCn1c(SCc2nc3scc(-c4ccco4)c3c(=O)[nH]2)nnc1-c1ccco1. The van der Waals surface area contributed by atoms with Gasteiger partial charge in [-0.1, -0.05) is 11.8 Å². The molecule has 0 radical (unpaired) electrons. The summed E-state index contributed by atoms with van der Waals surface area (Å²) in [5.41, 5.74) is 5.81. The normalized spacial score (nSPS) is 11.4. The fourth-order valence-electron chi connectivity index (χ4n) is 3.22. The van der Waals surface area contributed by atoms with Gasteiger partial charge in [0.25, 0.3) is 5.56 Å². The van der Waals surface area contributed by atoms with Crippen LogP contribution in [-0.2, 0) is 17.1 Å². The van der Waals surface area contributed by atoms with E-state index in [1.54, 1.807) is 35.1 Å². The van der Waals surface area contributed by atoms with Crippen LogP contribution in [0.5, 0.6) is 0 Å². The highest BCUT2D eigenvalue weighted by Gasteiger charge is 2.19. The Morgan fingerprint density at radius 2 is 1.97 bits per heavy atom. The number of nitrogens with two attached hydrogens (primary N) is 1. The molecule has 5 aromatic rings. The van der Waals surface area contributed by atoms with Crippen molar-refractivity contribution in [2.75, 3.05) is 0 Å². The number of nitrogens with zero attached hydrogens (tertiary/aromatic N) is 4. The lowest BCUT2D eigenvalue weighted by Gasteiger charge is -2.07. The fraction of sp³-hybridized carbons (Fsp3) is 0.150. The molecule has 32 heavy (non-hydrogen) atoms. The minimum atomic E-state index is -0.429. The Morgan fingerprint density at radius 1 is 1.19 bits per heavy atom. The average molecular weight is 469 g/mol. The molecule has 0 aliphatic heterocycles. The molecule has 0 unspecified atom stereocenters. The summed E-state index contributed by atoms with van der Waals surface area (Å²) in [6.07, 6.45) is 3.24. The zero-order chi connectivity index (χ0) is 22.1. The first-order valence-electron chi connectivity index (χ1n) is 9.52. The van der Waals surface area contributed by atoms with E-state index >= 15 is 0 Å². The lowest BCUT2D eigenvalue weighted by atomic mass is 10.2. The molecule has 0 aromatic carbocycles. The Morgan fingerprint density at radius 3 is 2.69 bits per heavy atom. The van der Waals surface area contributed by atoms with Crippen LogP contribution in [0.15, 0.2) is 61.0 Å². The number of hydrogen-bond acceptors (Lipinski definition) is 9. The van der Waals surface area contributed by atoms with E-state index in [4.69, 9.17) is 14.6 Å². The van der Waals surface area contributed by atoms with Gasteiger partial charge in [-0.05, 0) is 24.3 Å². The Bertz CT molecular complexity index is 1430. The van der Waals surface area contributed by atoms with E-state index < -0.39 is 5.91 Å². The van der Waals surface area contributed by atoms with Crippen molar-refractivity contribution in [3.63, 3.8) is 0 Å².